The van der Waals surface area contributed by atoms with Gasteiger partial charge < -0.3 is 4.90 Å². The van der Waals surface area contributed by atoms with Crippen molar-refractivity contribution < 1.29 is 0 Å². The van der Waals surface area contributed by atoms with Crippen LogP contribution >= 0.6 is 11.6 Å². The summed E-state index contributed by atoms with van der Waals surface area (Å²) in [5.74, 6) is 1.00. The Hall–Kier alpha value is -3.05. The van der Waals surface area contributed by atoms with Gasteiger partial charge in [0.05, 0.1) is 17.6 Å². The minimum absolute atomic E-state index is 0.745. The topological polar surface area (TPSA) is 38.9 Å². The number of imidazole rings is 1. The lowest BCUT2D eigenvalue weighted by Crippen LogP contribution is -2.19. The van der Waals surface area contributed by atoms with E-state index in [1.807, 2.05) is 42.5 Å². The van der Waals surface area contributed by atoms with Crippen molar-refractivity contribution in [2.75, 3.05) is 11.4 Å². The number of hydrogen-bond donors (Lipinski definition) is 0. The molecule has 0 spiro atoms. The van der Waals surface area contributed by atoms with E-state index < -0.39 is 0 Å². The number of anilines is 2. The Kier molecular flexibility index (Phi) is 3.98. The molecule has 140 valence electrons. The first kappa shape index (κ1) is 17.1. The van der Waals surface area contributed by atoms with E-state index in [4.69, 9.17) is 11.6 Å². The molecule has 0 fully saturated rings. The number of nitrogens with zero attached hydrogens (tertiary/aromatic N) is 5. The fourth-order valence-electron chi connectivity index (χ4n) is 3.91. The van der Waals surface area contributed by atoms with E-state index >= 15 is 0 Å². The average molecular weight is 390 g/mol. The van der Waals surface area contributed by atoms with Gasteiger partial charge in [-0.05, 0) is 48.9 Å². The Bertz CT molecular complexity index is 1160. The van der Waals surface area contributed by atoms with Crippen LogP contribution < -0.4 is 4.90 Å². The standard InChI is InChI=1S/C22H20ClN5/c1-15-24-13-20-9-10-27(19-6-4-18(23)5-7-19)22-11-16(3-8-21(22)28(15)20)17-12-25-26(2)14-17/h3-8,11-14H,9-10H2,1-2H3. The van der Waals surface area contributed by atoms with Crippen molar-refractivity contribution in [1.82, 2.24) is 19.3 Å². The number of fused-ring (bicyclic) bond motifs is 3. The third kappa shape index (κ3) is 2.79. The molecule has 0 bridgehead atoms. The predicted molar refractivity (Wildman–Crippen MR) is 113 cm³/mol. The molecule has 0 saturated carbocycles. The van der Waals surface area contributed by atoms with Gasteiger partial charge in [-0.1, -0.05) is 17.7 Å². The molecule has 1 aliphatic heterocycles. The van der Waals surface area contributed by atoms with Crippen molar-refractivity contribution in [3.63, 3.8) is 0 Å². The zero-order chi connectivity index (χ0) is 19.3. The Labute approximate surface area is 168 Å². The highest BCUT2D eigenvalue weighted by molar-refractivity contribution is 6.30. The van der Waals surface area contributed by atoms with Gasteiger partial charge in [-0.15, -0.1) is 0 Å². The average Bonchev–Trinajstić information content (AvgIpc) is 3.24. The largest absolute Gasteiger partial charge is 0.339 e. The first-order valence-corrected chi connectivity index (χ1v) is 9.68. The van der Waals surface area contributed by atoms with Crippen LogP contribution in [0.2, 0.25) is 5.02 Å². The van der Waals surface area contributed by atoms with Crippen LogP contribution in [0, 0.1) is 6.92 Å². The maximum absolute atomic E-state index is 6.13. The third-order valence-corrected chi connectivity index (χ3v) is 5.54. The first-order chi connectivity index (χ1) is 13.6. The number of hydrogen-bond acceptors (Lipinski definition) is 3. The van der Waals surface area contributed by atoms with Gasteiger partial charge >= 0.3 is 0 Å². The molecule has 0 unspecified atom stereocenters. The van der Waals surface area contributed by atoms with E-state index in [1.54, 1.807) is 0 Å². The molecule has 0 atom stereocenters. The SMILES string of the molecule is Cc1ncc2n1-c1ccc(-c3cnn(C)c3)cc1N(c1ccc(Cl)cc1)CC2. The molecule has 4 aromatic rings. The maximum Gasteiger partial charge on any atom is 0.110 e. The summed E-state index contributed by atoms with van der Waals surface area (Å²) in [5.41, 5.74) is 6.91. The van der Waals surface area contributed by atoms with Crippen molar-refractivity contribution in [3.8, 4) is 16.8 Å². The van der Waals surface area contributed by atoms with Crippen molar-refractivity contribution in [1.29, 1.82) is 0 Å². The maximum atomic E-state index is 6.13. The highest BCUT2D eigenvalue weighted by Gasteiger charge is 2.23. The Balaban J connectivity index is 1.72. The molecular formula is C22H20ClN5. The van der Waals surface area contributed by atoms with Crippen LogP contribution in [0.15, 0.2) is 61.1 Å². The quantitative estimate of drug-likeness (QED) is 0.488. The summed E-state index contributed by atoms with van der Waals surface area (Å²) < 4.78 is 4.09. The number of halogens is 1. The molecule has 0 amide bonds. The summed E-state index contributed by atoms with van der Waals surface area (Å²) in [6.45, 7) is 2.93. The predicted octanol–water partition coefficient (Wildman–Crippen LogP) is 4.93. The lowest BCUT2D eigenvalue weighted by atomic mass is 10.1. The van der Waals surface area contributed by atoms with Crippen LogP contribution in [0.25, 0.3) is 16.8 Å². The van der Waals surface area contributed by atoms with Crippen LogP contribution in [0.4, 0.5) is 11.4 Å². The fraction of sp³-hybridized carbons (Fsp3) is 0.182. The molecule has 28 heavy (non-hydrogen) atoms. The number of aryl methyl sites for hydroxylation is 2. The molecule has 2 aromatic carbocycles. The van der Waals surface area contributed by atoms with Gasteiger partial charge in [0.1, 0.15) is 5.82 Å². The lowest BCUT2D eigenvalue weighted by molar-refractivity contribution is 0.768. The summed E-state index contributed by atoms with van der Waals surface area (Å²) in [7, 11) is 1.94. The highest BCUT2D eigenvalue weighted by Crippen LogP contribution is 2.38. The fourth-order valence-corrected chi connectivity index (χ4v) is 4.04. The van der Waals surface area contributed by atoms with Crippen LogP contribution in [0.3, 0.4) is 0 Å². The molecule has 5 nitrogen and oxygen atoms in total. The summed E-state index contributed by atoms with van der Waals surface area (Å²) in [4.78, 5) is 6.90. The molecule has 1 aliphatic rings. The smallest absolute Gasteiger partial charge is 0.110 e. The van der Waals surface area contributed by atoms with Gasteiger partial charge in [0.25, 0.3) is 0 Å². The summed E-state index contributed by atoms with van der Waals surface area (Å²) in [5, 5.41) is 5.07. The third-order valence-electron chi connectivity index (χ3n) is 5.29. The zero-order valence-electron chi connectivity index (χ0n) is 15.8. The van der Waals surface area contributed by atoms with Crippen molar-refractivity contribution in [2.45, 2.75) is 13.3 Å². The van der Waals surface area contributed by atoms with Crippen molar-refractivity contribution in [3.05, 3.63) is 77.6 Å². The van der Waals surface area contributed by atoms with Gasteiger partial charge in [0.2, 0.25) is 0 Å². The number of rotatable bonds is 2. The number of benzene rings is 2. The second-order valence-electron chi connectivity index (χ2n) is 7.12. The van der Waals surface area contributed by atoms with E-state index in [0.29, 0.717) is 0 Å². The van der Waals surface area contributed by atoms with E-state index in [0.717, 1.165) is 52.0 Å². The molecule has 6 heteroatoms. The van der Waals surface area contributed by atoms with Crippen LogP contribution in [0.5, 0.6) is 0 Å². The summed E-state index contributed by atoms with van der Waals surface area (Å²) in [6.07, 6.45) is 6.85. The van der Waals surface area contributed by atoms with Gasteiger partial charge in [0, 0.05) is 54.4 Å². The molecule has 0 N–H and O–H groups in total. The normalized spacial score (nSPS) is 13.2. The van der Waals surface area contributed by atoms with E-state index in [1.165, 1.54) is 5.69 Å². The Morgan fingerprint density at radius 3 is 2.54 bits per heavy atom. The molecule has 0 saturated heterocycles. The van der Waals surface area contributed by atoms with Crippen LogP contribution in [0.1, 0.15) is 11.5 Å². The number of aromatic nitrogens is 4. The highest BCUT2D eigenvalue weighted by atomic mass is 35.5. The van der Waals surface area contributed by atoms with Gasteiger partial charge in [-0.2, -0.15) is 5.10 Å². The molecular weight excluding hydrogens is 370 g/mol. The monoisotopic (exact) mass is 389 g/mol. The minimum atomic E-state index is 0.745. The minimum Gasteiger partial charge on any atom is -0.339 e. The molecule has 0 radical (unpaired) electrons. The van der Waals surface area contributed by atoms with Crippen molar-refractivity contribution >= 4 is 23.0 Å². The molecule has 0 aliphatic carbocycles. The molecule has 5 rings (SSSR count). The summed E-state index contributed by atoms with van der Waals surface area (Å²) in [6, 6.07) is 14.6. The second kappa shape index (κ2) is 6.53. The van der Waals surface area contributed by atoms with E-state index in [9.17, 15) is 0 Å². The van der Waals surface area contributed by atoms with Gasteiger partial charge in [-0.3, -0.25) is 9.25 Å². The first-order valence-electron chi connectivity index (χ1n) is 9.30. The Morgan fingerprint density at radius 2 is 1.79 bits per heavy atom. The van der Waals surface area contributed by atoms with Gasteiger partial charge in [-0.25, -0.2) is 4.98 Å². The van der Waals surface area contributed by atoms with Crippen LogP contribution in [-0.4, -0.2) is 25.9 Å². The van der Waals surface area contributed by atoms with Crippen molar-refractivity contribution in [2.24, 2.45) is 7.05 Å². The van der Waals surface area contributed by atoms with Crippen LogP contribution in [-0.2, 0) is 13.5 Å². The second-order valence-corrected chi connectivity index (χ2v) is 7.55. The molecule has 3 heterocycles. The van der Waals surface area contributed by atoms with Gasteiger partial charge in [0.15, 0.2) is 0 Å². The van der Waals surface area contributed by atoms with E-state index in [2.05, 4.69) is 56.8 Å². The Morgan fingerprint density at radius 1 is 0.964 bits per heavy atom. The lowest BCUT2D eigenvalue weighted by Gasteiger charge is -2.26. The zero-order valence-corrected chi connectivity index (χ0v) is 16.6. The molecule has 2 aromatic heterocycles. The van der Waals surface area contributed by atoms with E-state index in [-0.39, 0.29) is 0 Å². The summed E-state index contributed by atoms with van der Waals surface area (Å²) >= 11 is 6.13.